The van der Waals surface area contributed by atoms with Gasteiger partial charge in [0.2, 0.25) is 17.6 Å². The van der Waals surface area contributed by atoms with Crippen molar-refractivity contribution in [3.63, 3.8) is 0 Å². The van der Waals surface area contributed by atoms with E-state index < -0.39 is 0 Å². The maximum atomic E-state index is 12.7. The number of hydrogen-bond donors (Lipinski definition) is 1. The van der Waals surface area contributed by atoms with E-state index in [2.05, 4.69) is 37.5 Å². The lowest BCUT2D eigenvalue weighted by molar-refractivity contribution is -0.126. The Bertz CT molecular complexity index is 1290. The number of aromatic nitrogens is 4. The van der Waals surface area contributed by atoms with Gasteiger partial charge in [-0.3, -0.25) is 9.69 Å². The summed E-state index contributed by atoms with van der Waals surface area (Å²) in [6.07, 6.45) is 5.38. The molecule has 8 nitrogen and oxygen atoms in total. The highest BCUT2D eigenvalue weighted by atomic mass is 16.5. The van der Waals surface area contributed by atoms with E-state index in [1.807, 2.05) is 61.0 Å². The first kappa shape index (κ1) is 23.0. The van der Waals surface area contributed by atoms with E-state index in [4.69, 9.17) is 4.52 Å². The van der Waals surface area contributed by atoms with Crippen molar-refractivity contribution in [2.75, 3.05) is 13.1 Å². The molecule has 2 aromatic carbocycles. The number of imidazole rings is 1. The predicted molar refractivity (Wildman–Crippen MR) is 133 cm³/mol. The molecular formula is C27H30N6O2. The second-order valence-electron chi connectivity index (χ2n) is 9.16. The van der Waals surface area contributed by atoms with Gasteiger partial charge in [0.05, 0.1) is 6.54 Å². The third kappa shape index (κ3) is 5.49. The SMILES string of the molecule is Cc1cccc(-c2noc(CN3CCC(C(=O)NCc4ccc(-n5ccnc5C)cc4)CC3)n2)c1. The fraction of sp³-hybridized carbons (Fsp3) is 0.333. The second kappa shape index (κ2) is 10.2. The van der Waals surface area contributed by atoms with Crippen LogP contribution in [0.4, 0.5) is 0 Å². The first-order valence-corrected chi connectivity index (χ1v) is 12.0. The summed E-state index contributed by atoms with van der Waals surface area (Å²) in [6, 6.07) is 16.3. The summed E-state index contributed by atoms with van der Waals surface area (Å²) >= 11 is 0. The minimum absolute atomic E-state index is 0.0321. The lowest BCUT2D eigenvalue weighted by Gasteiger charge is -2.30. The highest BCUT2D eigenvalue weighted by Crippen LogP contribution is 2.21. The molecule has 4 aromatic rings. The molecule has 1 amide bonds. The maximum Gasteiger partial charge on any atom is 0.241 e. The number of nitrogens with zero attached hydrogens (tertiary/aromatic N) is 5. The van der Waals surface area contributed by atoms with Gasteiger partial charge in [0.25, 0.3) is 0 Å². The van der Waals surface area contributed by atoms with Crippen LogP contribution >= 0.6 is 0 Å². The average Bonchev–Trinajstić information content (AvgIpc) is 3.52. The molecular weight excluding hydrogens is 440 g/mol. The van der Waals surface area contributed by atoms with Gasteiger partial charge in [-0.2, -0.15) is 4.98 Å². The molecule has 1 N–H and O–H groups in total. The van der Waals surface area contributed by atoms with E-state index in [1.54, 1.807) is 6.20 Å². The minimum Gasteiger partial charge on any atom is -0.352 e. The van der Waals surface area contributed by atoms with Gasteiger partial charge in [-0.05, 0) is 63.5 Å². The van der Waals surface area contributed by atoms with Gasteiger partial charge in [0, 0.05) is 36.1 Å². The van der Waals surface area contributed by atoms with Gasteiger partial charge < -0.3 is 14.4 Å². The smallest absolute Gasteiger partial charge is 0.241 e. The number of nitrogens with one attached hydrogen (secondary N) is 1. The van der Waals surface area contributed by atoms with E-state index in [9.17, 15) is 4.79 Å². The molecule has 35 heavy (non-hydrogen) atoms. The zero-order valence-electron chi connectivity index (χ0n) is 20.1. The van der Waals surface area contributed by atoms with Crippen LogP contribution in [-0.4, -0.2) is 43.6 Å². The van der Waals surface area contributed by atoms with Crippen LogP contribution in [0.25, 0.3) is 17.1 Å². The average molecular weight is 471 g/mol. The summed E-state index contributed by atoms with van der Waals surface area (Å²) in [5.74, 6) is 2.33. The number of amides is 1. The number of likely N-dealkylation sites (tertiary alicyclic amines) is 1. The fourth-order valence-electron chi connectivity index (χ4n) is 4.52. The predicted octanol–water partition coefficient (Wildman–Crippen LogP) is 4.07. The molecule has 8 heteroatoms. The van der Waals surface area contributed by atoms with E-state index >= 15 is 0 Å². The van der Waals surface area contributed by atoms with Crippen LogP contribution in [-0.2, 0) is 17.9 Å². The van der Waals surface area contributed by atoms with Crippen LogP contribution in [0.15, 0.2) is 65.4 Å². The number of piperidine rings is 1. The van der Waals surface area contributed by atoms with Gasteiger partial charge in [-0.15, -0.1) is 0 Å². The molecule has 1 fully saturated rings. The molecule has 0 bridgehead atoms. The Labute approximate surface area is 205 Å². The zero-order valence-corrected chi connectivity index (χ0v) is 20.1. The Morgan fingerprint density at radius 1 is 1.11 bits per heavy atom. The first-order chi connectivity index (χ1) is 17.0. The van der Waals surface area contributed by atoms with Gasteiger partial charge >= 0.3 is 0 Å². The second-order valence-corrected chi connectivity index (χ2v) is 9.16. The number of rotatable bonds is 7. The molecule has 3 heterocycles. The zero-order chi connectivity index (χ0) is 24.2. The molecule has 5 rings (SSSR count). The molecule has 0 saturated carbocycles. The van der Waals surface area contributed by atoms with Crippen molar-refractivity contribution in [2.24, 2.45) is 5.92 Å². The largest absolute Gasteiger partial charge is 0.352 e. The summed E-state index contributed by atoms with van der Waals surface area (Å²) in [5, 5.41) is 7.24. The minimum atomic E-state index is 0.0321. The van der Waals surface area contributed by atoms with Gasteiger partial charge in [-0.25, -0.2) is 4.98 Å². The Kier molecular flexibility index (Phi) is 6.72. The van der Waals surface area contributed by atoms with Crippen LogP contribution < -0.4 is 5.32 Å². The Morgan fingerprint density at radius 2 is 1.91 bits per heavy atom. The molecule has 0 spiro atoms. The van der Waals surface area contributed by atoms with Crippen LogP contribution in [0, 0.1) is 19.8 Å². The third-order valence-corrected chi connectivity index (χ3v) is 6.57. The lowest BCUT2D eigenvalue weighted by atomic mass is 9.96. The molecule has 180 valence electrons. The molecule has 1 saturated heterocycles. The Balaban J connectivity index is 1.08. The van der Waals surface area contributed by atoms with Crippen LogP contribution in [0.5, 0.6) is 0 Å². The summed E-state index contributed by atoms with van der Waals surface area (Å²) < 4.78 is 7.51. The summed E-state index contributed by atoms with van der Waals surface area (Å²) in [7, 11) is 0. The molecule has 1 aliphatic heterocycles. The fourth-order valence-corrected chi connectivity index (χ4v) is 4.52. The standard InChI is InChI=1S/C27H30N6O2/c1-19-4-3-5-23(16-19)26-30-25(35-31-26)18-32-13-10-22(11-14-32)27(34)29-17-21-6-8-24(9-7-21)33-15-12-28-20(33)2/h3-9,12,15-16,22H,10-11,13-14,17-18H2,1-2H3,(H,29,34). The monoisotopic (exact) mass is 470 g/mol. The van der Waals surface area contributed by atoms with Crippen molar-refractivity contribution in [1.29, 1.82) is 0 Å². The summed E-state index contributed by atoms with van der Waals surface area (Å²) in [6.45, 7) is 6.83. The Morgan fingerprint density at radius 3 is 2.63 bits per heavy atom. The van der Waals surface area contributed by atoms with Gasteiger partial charge in [0.1, 0.15) is 5.82 Å². The number of carbonyl (C=O) groups is 1. The lowest BCUT2D eigenvalue weighted by Crippen LogP contribution is -2.40. The summed E-state index contributed by atoms with van der Waals surface area (Å²) in [5.41, 5.74) is 4.27. The maximum absolute atomic E-state index is 12.7. The normalized spacial score (nSPS) is 14.8. The van der Waals surface area contributed by atoms with E-state index in [0.29, 0.717) is 24.8 Å². The number of aryl methyl sites for hydroxylation is 2. The topological polar surface area (TPSA) is 89.1 Å². The van der Waals surface area contributed by atoms with Crippen molar-refractivity contribution in [3.8, 4) is 17.1 Å². The van der Waals surface area contributed by atoms with Crippen molar-refractivity contribution in [2.45, 2.75) is 39.8 Å². The Hall–Kier alpha value is -3.78. The molecule has 0 aliphatic carbocycles. The van der Waals surface area contributed by atoms with Gasteiger partial charge in [0.15, 0.2) is 0 Å². The van der Waals surface area contributed by atoms with Crippen molar-refractivity contribution >= 4 is 5.91 Å². The molecule has 0 unspecified atom stereocenters. The highest BCUT2D eigenvalue weighted by molar-refractivity contribution is 5.78. The first-order valence-electron chi connectivity index (χ1n) is 12.0. The molecule has 2 aromatic heterocycles. The van der Waals surface area contributed by atoms with Crippen LogP contribution in [0.3, 0.4) is 0 Å². The molecule has 1 aliphatic rings. The van der Waals surface area contributed by atoms with E-state index in [1.165, 1.54) is 0 Å². The van der Waals surface area contributed by atoms with Crippen molar-refractivity contribution < 1.29 is 9.32 Å². The third-order valence-electron chi connectivity index (χ3n) is 6.57. The van der Waals surface area contributed by atoms with Crippen molar-refractivity contribution in [1.82, 2.24) is 29.9 Å². The molecule has 0 radical (unpaired) electrons. The number of carbonyl (C=O) groups excluding carboxylic acids is 1. The summed E-state index contributed by atoms with van der Waals surface area (Å²) in [4.78, 5) is 23.8. The number of hydrogen-bond acceptors (Lipinski definition) is 6. The van der Waals surface area contributed by atoms with Crippen LogP contribution in [0.1, 0.15) is 35.7 Å². The van der Waals surface area contributed by atoms with E-state index in [0.717, 1.165) is 54.1 Å². The van der Waals surface area contributed by atoms with E-state index in [-0.39, 0.29) is 11.8 Å². The molecule has 0 atom stereocenters. The van der Waals surface area contributed by atoms with Crippen molar-refractivity contribution in [3.05, 3.63) is 83.8 Å². The highest BCUT2D eigenvalue weighted by Gasteiger charge is 2.26. The number of benzene rings is 2. The van der Waals surface area contributed by atoms with Crippen LogP contribution in [0.2, 0.25) is 0 Å². The van der Waals surface area contributed by atoms with Gasteiger partial charge in [-0.1, -0.05) is 41.1 Å². The quantitative estimate of drug-likeness (QED) is 0.438.